The summed E-state index contributed by atoms with van der Waals surface area (Å²) in [6, 6.07) is 7.94. The SMILES string of the molecule is Cc1c(Cl)ccc2c1NC(=O)C21NC(CC(N)=O)C2C(=O)N(Cc3ccc(F)cc3)C(=O)C21. The van der Waals surface area contributed by atoms with E-state index in [1.54, 1.807) is 19.1 Å². The van der Waals surface area contributed by atoms with E-state index in [2.05, 4.69) is 10.6 Å². The van der Waals surface area contributed by atoms with Crippen LogP contribution >= 0.6 is 11.6 Å². The van der Waals surface area contributed by atoms with Crippen LogP contribution in [-0.2, 0) is 31.3 Å². The van der Waals surface area contributed by atoms with Crippen LogP contribution in [0.3, 0.4) is 0 Å². The van der Waals surface area contributed by atoms with Crippen LogP contribution in [0.1, 0.15) is 23.1 Å². The Morgan fingerprint density at radius 1 is 1.15 bits per heavy atom. The number of rotatable bonds is 4. The van der Waals surface area contributed by atoms with Crippen LogP contribution < -0.4 is 16.4 Å². The van der Waals surface area contributed by atoms with Crippen molar-refractivity contribution in [3.05, 3.63) is 63.9 Å². The molecule has 0 aliphatic carbocycles. The van der Waals surface area contributed by atoms with Gasteiger partial charge in [0.15, 0.2) is 0 Å². The Balaban J connectivity index is 1.61. The third kappa shape index (κ3) is 2.99. The molecule has 5 rings (SSSR count). The molecule has 2 aromatic rings. The summed E-state index contributed by atoms with van der Waals surface area (Å²) >= 11 is 6.23. The standard InChI is InChI=1S/C23H20ClFN4O4/c1-10-14(24)7-6-13-19(10)27-22(33)23(13)18-17(15(28-23)8-16(26)30)20(31)29(21(18)32)9-11-2-4-12(25)5-3-11/h2-7,15,17-18,28H,8-9H2,1H3,(H2,26,30)(H,27,33). The van der Waals surface area contributed by atoms with Gasteiger partial charge in [-0.3, -0.25) is 29.4 Å². The second kappa shape index (κ2) is 7.36. The van der Waals surface area contributed by atoms with Crippen molar-refractivity contribution in [1.29, 1.82) is 0 Å². The quantitative estimate of drug-likeness (QED) is 0.586. The number of benzene rings is 2. The van der Waals surface area contributed by atoms with Crippen LogP contribution in [0.15, 0.2) is 36.4 Å². The highest BCUT2D eigenvalue weighted by Crippen LogP contribution is 2.54. The first-order valence-electron chi connectivity index (χ1n) is 10.4. The number of primary amides is 1. The summed E-state index contributed by atoms with van der Waals surface area (Å²) in [6.07, 6.45) is -0.221. The van der Waals surface area contributed by atoms with Crippen molar-refractivity contribution in [1.82, 2.24) is 10.2 Å². The van der Waals surface area contributed by atoms with Gasteiger partial charge in [0.1, 0.15) is 11.4 Å². The van der Waals surface area contributed by atoms with Gasteiger partial charge in [-0.15, -0.1) is 0 Å². The summed E-state index contributed by atoms with van der Waals surface area (Å²) in [6.45, 7) is 1.68. The molecule has 2 fully saturated rings. The zero-order valence-corrected chi connectivity index (χ0v) is 18.3. The van der Waals surface area contributed by atoms with Gasteiger partial charge in [0.2, 0.25) is 23.6 Å². The zero-order chi connectivity index (χ0) is 23.7. The van der Waals surface area contributed by atoms with Gasteiger partial charge in [-0.2, -0.15) is 0 Å². The van der Waals surface area contributed by atoms with E-state index >= 15 is 0 Å². The maximum absolute atomic E-state index is 13.6. The zero-order valence-electron chi connectivity index (χ0n) is 17.5. The molecule has 4 N–H and O–H groups in total. The number of nitrogens with two attached hydrogens (primary N) is 1. The second-order valence-electron chi connectivity index (χ2n) is 8.67. The summed E-state index contributed by atoms with van der Waals surface area (Å²) in [4.78, 5) is 53.3. The van der Waals surface area contributed by atoms with Crippen LogP contribution in [0.2, 0.25) is 5.02 Å². The summed E-state index contributed by atoms with van der Waals surface area (Å²) < 4.78 is 13.3. The van der Waals surface area contributed by atoms with Crippen LogP contribution in [-0.4, -0.2) is 34.6 Å². The van der Waals surface area contributed by atoms with Crippen LogP contribution in [0.5, 0.6) is 0 Å². The first kappa shape index (κ1) is 21.5. The predicted octanol–water partition coefficient (Wildman–Crippen LogP) is 1.58. The number of hydrogen-bond acceptors (Lipinski definition) is 5. The van der Waals surface area contributed by atoms with Gasteiger partial charge in [-0.05, 0) is 36.2 Å². The number of imide groups is 1. The van der Waals surface area contributed by atoms with Gasteiger partial charge in [0.05, 0.1) is 24.1 Å². The summed E-state index contributed by atoms with van der Waals surface area (Å²) in [5.41, 5.74) is 6.06. The highest BCUT2D eigenvalue weighted by molar-refractivity contribution is 6.32. The van der Waals surface area contributed by atoms with E-state index in [0.29, 0.717) is 27.4 Å². The van der Waals surface area contributed by atoms with Gasteiger partial charge >= 0.3 is 0 Å². The Morgan fingerprint density at radius 3 is 2.52 bits per heavy atom. The lowest BCUT2D eigenvalue weighted by molar-refractivity contribution is -0.143. The average Bonchev–Trinajstić information content (AvgIpc) is 3.33. The van der Waals surface area contributed by atoms with Gasteiger partial charge < -0.3 is 11.1 Å². The van der Waals surface area contributed by atoms with Crippen molar-refractivity contribution < 1.29 is 23.6 Å². The van der Waals surface area contributed by atoms with E-state index in [9.17, 15) is 23.6 Å². The molecule has 2 aromatic carbocycles. The fourth-order valence-corrected chi connectivity index (χ4v) is 5.53. The van der Waals surface area contributed by atoms with Crippen molar-refractivity contribution in [3.63, 3.8) is 0 Å². The first-order valence-corrected chi connectivity index (χ1v) is 10.8. The monoisotopic (exact) mass is 470 g/mol. The van der Waals surface area contributed by atoms with Crippen molar-refractivity contribution in [3.8, 4) is 0 Å². The number of hydrogen-bond donors (Lipinski definition) is 3. The fourth-order valence-electron chi connectivity index (χ4n) is 5.37. The molecule has 8 nitrogen and oxygen atoms in total. The van der Waals surface area contributed by atoms with E-state index < -0.39 is 52.9 Å². The molecule has 3 aliphatic heterocycles. The molecule has 3 aliphatic rings. The molecule has 2 saturated heterocycles. The van der Waals surface area contributed by atoms with Gasteiger partial charge in [-0.1, -0.05) is 29.8 Å². The summed E-state index contributed by atoms with van der Waals surface area (Å²) in [5.74, 6) is -4.66. The van der Waals surface area contributed by atoms with E-state index in [4.69, 9.17) is 17.3 Å². The van der Waals surface area contributed by atoms with E-state index in [0.717, 1.165) is 4.90 Å². The minimum Gasteiger partial charge on any atom is -0.370 e. The number of amides is 4. The highest BCUT2D eigenvalue weighted by Gasteiger charge is 2.70. The Bertz CT molecular complexity index is 1230. The number of anilines is 1. The molecule has 0 saturated carbocycles. The molecular formula is C23H20ClFN4O4. The molecule has 1 spiro atoms. The number of fused-ring (bicyclic) bond motifs is 4. The molecule has 3 heterocycles. The molecule has 0 bridgehead atoms. The second-order valence-corrected chi connectivity index (χ2v) is 9.08. The van der Waals surface area contributed by atoms with Crippen molar-refractivity contribution in [2.75, 3.05) is 5.32 Å². The van der Waals surface area contributed by atoms with E-state index in [1.165, 1.54) is 24.3 Å². The van der Waals surface area contributed by atoms with E-state index in [1.807, 2.05) is 0 Å². The maximum atomic E-state index is 13.6. The first-order chi connectivity index (χ1) is 15.6. The lowest BCUT2D eigenvalue weighted by Crippen LogP contribution is -2.53. The van der Waals surface area contributed by atoms with Crippen LogP contribution in [0.25, 0.3) is 0 Å². The number of nitrogens with one attached hydrogen (secondary N) is 2. The molecule has 10 heteroatoms. The Labute approximate surface area is 193 Å². The summed E-state index contributed by atoms with van der Waals surface area (Å²) in [7, 11) is 0. The molecule has 4 unspecified atom stereocenters. The maximum Gasteiger partial charge on any atom is 0.250 e. The molecule has 33 heavy (non-hydrogen) atoms. The minimum atomic E-state index is -1.54. The number of halogens is 2. The lowest BCUT2D eigenvalue weighted by atomic mass is 9.76. The Morgan fingerprint density at radius 2 is 1.85 bits per heavy atom. The summed E-state index contributed by atoms with van der Waals surface area (Å²) in [5, 5.41) is 6.38. The third-order valence-corrected chi connectivity index (χ3v) is 7.26. The van der Waals surface area contributed by atoms with Crippen molar-refractivity contribution >= 4 is 40.9 Å². The molecule has 0 radical (unpaired) electrons. The topological polar surface area (TPSA) is 122 Å². The molecule has 170 valence electrons. The highest BCUT2D eigenvalue weighted by atomic mass is 35.5. The van der Waals surface area contributed by atoms with Crippen molar-refractivity contribution in [2.24, 2.45) is 17.6 Å². The number of likely N-dealkylation sites (tertiary alicyclic amines) is 1. The average molecular weight is 471 g/mol. The lowest BCUT2D eigenvalue weighted by Gasteiger charge is -2.29. The predicted molar refractivity (Wildman–Crippen MR) is 116 cm³/mol. The molecule has 0 aromatic heterocycles. The Kier molecular flexibility index (Phi) is 4.80. The molecule has 4 amide bonds. The fraction of sp³-hybridized carbons (Fsp3) is 0.304. The van der Waals surface area contributed by atoms with Crippen LogP contribution in [0.4, 0.5) is 10.1 Å². The van der Waals surface area contributed by atoms with Gasteiger partial charge in [0.25, 0.3) is 0 Å². The van der Waals surface area contributed by atoms with E-state index in [-0.39, 0.29) is 13.0 Å². The van der Waals surface area contributed by atoms with Gasteiger partial charge in [-0.25, -0.2) is 4.39 Å². The minimum absolute atomic E-state index is 0.0710. The Hall–Kier alpha value is -3.30. The molecule has 4 atom stereocenters. The number of carbonyl (C=O) groups excluding carboxylic acids is 4. The van der Waals surface area contributed by atoms with Crippen LogP contribution in [0, 0.1) is 24.6 Å². The van der Waals surface area contributed by atoms with Gasteiger partial charge in [0, 0.05) is 23.0 Å². The largest absolute Gasteiger partial charge is 0.370 e. The number of carbonyl (C=O) groups is 4. The number of nitrogens with zero attached hydrogens (tertiary/aromatic N) is 1. The third-order valence-electron chi connectivity index (χ3n) is 6.85. The molecular weight excluding hydrogens is 451 g/mol. The smallest absolute Gasteiger partial charge is 0.250 e. The van der Waals surface area contributed by atoms with Crippen molar-refractivity contribution in [2.45, 2.75) is 31.5 Å². The normalized spacial score (nSPS) is 27.8.